The molecule has 1 N–H and O–H groups in total. The van der Waals surface area contributed by atoms with Crippen molar-refractivity contribution in [2.45, 2.75) is 6.54 Å². The second-order valence-electron chi connectivity index (χ2n) is 6.19. The summed E-state index contributed by atoms with van der Waals surface area (Å²) in [5.74, 6) is 0.292. The molecule has 1 amide bonds. The molecule has 0 bridgehead atoms. The third-order valence-corrected chi connectivity index (χ3v) is 4.11. The predicted molar refractivity (Wildman–Crippen MR) is 108 cm³/mol. The molecule has 0 saturated heterocycles. The molecule has 2 aromatic heterocycles. The highest BCUT2D eigenvalue weighted by atomic mass is 16.2. The highest BCUT2D eigenvalue weighted by Gasteiger charge is 2.07. The van der Waals surface area contributed by atoms with E-state index in [1.807, 2.05) is 42.5 Å². The number of benzene rings is 2. The zero-order chi connectivity index (χ0) is 19.9. The number of tetrazole rings is 1. The Morgan fingerprint density at radius 3 is 2.52 bits per heavy atom. The number of nitrogens with one attached hydrogen (secondary N) is 1. The first-order chi connectivity index (χ1) is 14.3. The highest BCUT2D eigenvalue weighted by molar-refractivity contribution is 5.94. The van der Waals surface area contributed by atoms with Crippen LogP contribution in [-0.2, 0) is 6.54 Å². The smallest absolute Gasteiger partial charge is 0.267 e. The van der Waals surface area contributed by atoms with E-state index in [9.17, 15) is 4.79 Å². The summed E-state index contributed by atoms with van der Waals surface area (Å²) in [6.45, 7) is 0.460. The maximum Gasteiger partial charge on any atom is 0.271 e. The van der Waals surface area contributed by atoms with Gasteiger partial charge in [0, 0.05) is 23.5 Å². The molecule has 4 rings (SSSR count). The van der Waals surface area contributed by atoms with Crippen LogP contribution in [0.3, 0.4) is 0 Å². The van der Waals surface area contributed by atoms with Crippen molar-refractivity contribution >= 4 is 12.1 Å². The summed E-state index contributed by atoms with van der Waals surface area (Å²) < 4.78 is 0. The first-order valence-corrected chi connectivity index (χ1v) is 8.93. The van der Waals surface area contributed by atoms with E-state index in [0.717, 1.165) is 16.7 Å². The van der Waals surface area contributed by atoms with Crippen LogP contribution in [0, 0.1) is 0 Å². The average Bonchev–Trinajstić information content (AvgIpc) is 3.24. The lowest BCUT2D eigenvalue weighted by molar-refractivity contribution is 0.0955. The van der Waals surface area contributed by atoms with Crippen molar-refractivity contribution in [1.29, 1.82) is 0 Å². The molecule has 2 aromatic carbocycles. The Morgan fingerprint density at radius 1 is 1.00 bits per heavy atom. The number of carbonyl (C=O) groups excluding carboxylic acids is 1. The van der Waals surface area contributed by atoms with Gasteiger partial charge in [-0.25, -0.2) is 5.43 Å². The second-order valence-corrected chi connectivity index (χ2v) is 6.19. The van der Waals surface area contributed by atoms with Crippen molar-refractivity contribution in [3.8, 4) is 11.4 Å². The molecule has 8 heteroatoms. The van der Waals surface area contributed by atoms with Gasteiger partial charge in [0.1, 0.15) is 0 Å². The van der Waals surface area contributed by atoms with Crippen molar-refractivity contribution in [2.75, 3.05) is 0 Å². The van der Waals surface area contributed by atoms with Gasteiger partial charge in [0.2, 0.25) is 5.82 Å². The van der Waals surface area contributed by atoms with Crippen LogP contribution in [0.1, 0.15) is 21.5 Å². The molecule has 29 heavy (non-hydrogen) atoms. The molecular formula is C21H17N7O. The Kier molecular flexibility index (Phi) is 5.43. The number of hydrazone groups is 1. The standard InChI is InChI=1S/C21H17N7O/c29-21(25-23-14-16-10-12-22-13-11-16)19-8-6-17(7-9-19)15-28-26-20(24-27-28)18-4-2-1-3-5-18/h1-14H,15H2,(H,25,29). The van der Waals surface area contributed by atoms with Gasteiger partial charge < -0.3 is 0 Å². The Morgan fingerprint density at radius 2 is 1.76 bits per heavy atom. The molecule has 0 aliphatic rings. The van der Waals surface area contributed by atoms with Crippen molar-refractivity contribution in [1.82, 2.24) is 30.6 Å². The van der Waals surface area contributed by atoms with Crippen molar-refractivity contribution in [3.63, 3.8) is 0 Å². The SMILES string of the molecule is O=C(NN=Cc1ccncc1)c1ccc(Cn2nnc(-c3ccccc3)n2)cc1. The quantitative estimate of drug-likeness (QED) is 0.408. The molecule has 0 fully saturated rings. The average molecular weight is 383 g/mol. The molecule has 8 nitrogen and oxygen atoms in total. The fourth-order valence-electron chi connectivity index (χ4n) is 2.62. The third-order valence-electron chi connectivity index (χ3n) is 4.11. The van der Waals surface area contributed by atoms with Crippen molar-refractivity contribution < 1.29 is 4.79 Å². The third kappa shape index (κ3) is 4.75. The highest BCUT2D eigenvalue weighted by Crippen LogP contribution is 2.12. The minimum absolute atomic E-state index is 0.285. The van der Waals surface area contributed by atoms with Crippen molar-refractivity contribution in [3.05, 3.63) is 95.8 Å². The number of hydrogen-bond acceptors (Lipinski definition) is 6. The van der Waals surface area contributed by atoms with E-state index < -0.39 is 0 Å². The lowest BCUT2D eigenvalue weighted by atomic mass is 10.1. The zero-order valence-electron chi connectivity index (χ0n) is 15.4. The molecule has 0 aliphatic carbocycles. The summed E-state index contributed by atoms with van der Waals surface area (Å²) in [7, 11) is 0. The molecule has 0 saturated carbocycles. The van der Waals surface area contributed by atoms with Crippen LogP contribution < -0.4 is 5.43 Å². The van der Waals surface area contributed by atoms with Gasteiger partial charge in [-0.05, 0) is 40.6 Å². The minimum atomic E-state index is -0.285. The summed E-state index contributed by atoms with van der Waals surface area (Å²) in [6, 6.07) is 20.5. The largest absolute Gasteiger partial charge is 0.271 e. The van der Waals surface area contributed by atoms with Gasteiger partial charge in [-0.1, -0.05) is 42.5 Å². The Labute approximate surface area is 166 Å². The van der Waals surface area contributed by atoms with Gasteiger partial charge in [0.25, 0.3) is 5.91 Å². The minimum Gasteiger partial charge on any atom is -0.267 e. The van der Waals surface area contributed by atoms with Crippen LogP contribution in [-0.4, -0.2) is 37.3 Å². The fourth-order valence-corrected chi connectivity index (χ4v) is 2.62. The summed E-state index contributed by atoms with van der Waals surface area (Å²) in [6.07, 6.45) is 4.89. The maximum absolute atomic E-state index is 12.2. The van der Waals surface area contributed by atoms with Crippen LogP contribution in [0.15, 0.2) is 84.2 Å². The molecule has 142 valence electrons. The molecule has 4 aromatic rings. The zero-order valence-corrected chi connectivity index (χ0v) is 15.4. The van der Waals surface area contributed by atoms with E-state index in [1.54, 1.807) is 42.9 Å². The van der Waals surface area contributed by atoms with Gasteiger partial charge >= 0.3 is 0 Å². The summed E-state index contributed by atoms with van der Waals surface area (Å²) in [5.41, 5.74) is 5.74. The molecule has 0 spiro atoms. The maximum atomic E-state index is 12.2. The molecule has 0 aliphatic heterocycles. The monoisotopic (exact) mass is 383 g/mol. The fraction of sp³-hybridized carbons (Fsp3) is 0.0476. The predicted octanol–water partition coefficient (Wildman–Crippen LogP) is 2.55. The first-order valence-electron chi connectivity index (χ1n) is 8.93. The van der Waals surface area contributed by atoms with E-state index >= 15 is 0 Å². The second kappa shape index (κ2) is 8.66. The lowest BCUT2D eigenvalue weighted by Gasteiger charge is -2.03. The molecular weight excluding hydrogens is 366 g/mol. The number of hydrogen-bond donors (Lipinski definition) is 1. The summed E-state index contributed by atoms with van der Waals surface area (Å²) in [5, 5.41) is 16.5. The van der Waals surface area contributed by atoms with Gasteiger partial charge in [-0.15, -0.1) is 10.2 Å². The Balaban J connectivity index is 1.36. The number of rotatable bonds is 6. The van der Waals surface area contributed by atoms with Gasteiger partial charge in [0.05, 0.1) is 12.8 Å². The van der Waals surface area contributed by atoms with E-state index in [0.29, 0.717) is 17.9 Å². The molecule has 2 heterocycles. The molecule has 0 atom stereocenters. The van der Waals surface area contributed by atoms with E-state index in [-0.39, 0.29) is 5.91 Å². The topological polar surface area (TPSA) is 98.0 Å². The number of carbonyl (C=O) groups is 1. The first kappa shape index (κ1) is 18.2. The van der Waals surface area contributed by atoms with Crippen LogP contribution in [0.25, 0.3) is 11.4 Å². The van der Waals surface area contributed by atoms with Crippen LogP contribution in [0.5, 0.6) is 0 Å². The number of nitrogens with zero attached hydrogens (tertiary/aromatic N) is 6. The number of amides is 1. The summed E-state index contributed by atoms with van der Waals surface area (Å²) in [4.78, 5) is 17.6. The number of aromatic nitrogens is 5. The van der Waals surface area contributed by atoms with E-state index in [2.05, 4.69) is 30.9 Å². The lowest BCUT2D eigenvalue weighted by Crippen LogP contribution is -2.17. The van der Waals surface area contributed by atoms with E-state index in [4.69, 9.17) is 0 Å². The van der Waals surface area contributed by atoms with Gasteiger partial charge in [0.15, 0.2) is 0 Å². The Bertz CT molecular complexity index is 1110. The molecule has 0 unspecified atom stereocenters. The van der Waals surface area contributed by atoms with Gasteiger partial charge in [-0.3, -0.25) is 9.78 Å². The van der Waals surface area contributed by atoms with Crippen LogP contribution in [0.2, 0.25) is 0 Å². The number of pyridine rings is 1. The summed E-state index contributed by atoms with van der Waals surface area (Å²) >= 11 is 0. The van der Waals surface area contributed by atoms with E-state index in [1.165, 1.54) is 4.80 Å². The Hall–Kier alpha value is -4.20. The van der Waals surface area contributed by atoms with Crippen LogP contribution in [0.4, 0.5) is 0 Å². The van der Waals surface area contributed by atoms with Crippen LogP contribution >= 0.6 is 0 Å². The van der Waals surface area contributed by atoms with Gasteiger partial charge in [-0.2, -0.15) is 9.90 Å². The molecule has 0 radical (unpaired) electrons. The van der Waals surface area contributed by atoms with Crippen molar-refractivity contribution in [2.24, 2.45) is 5.10 Å². The normalized spacial score (nSPS) is 10.9.